The second-order valence-corrected chi connectivity index (χ2v) is 6.61. The van der Waals surface area contributed by atoms with Gasteiger partial charge in [0.05, 0.1) is 0 Å². The number of amides is 1. The Balaban J connectivity index is 0.00000169. The summed E-state index contributed by atoms with van der Waals surface area (Å²) in [6, 6.07) is -0.603. The van der Waals surface area contributed by atoms with Crippen molar-refractivity contribution >= 4 is 47.6 Å². The molecule has 2 atom stereocenters. The maximum absolute atomic E-state index is 11.9. The van der Waals surface area contributed by atoms with E-state index in [1.165, 1.54) is 16.7 Å². The predicted octanol–water partition coefficient (Wildman–Crippen LogP) is 0.148. The lowest BCUT2D eigenvalue weighted by Crippen LogP contribution is -2.68. The van der Waals surface area contributed by atoms with E-state index < -0.39 is 12.0 Å². The minimum absolute atomic E-state index is 0. The number of carbonyl (C=O) groups is 2. The molecule has 0 aliphatic carbocycles. The molecule has 1 saturated heterocycles. The van der Waals surface area contributed by atoms with Crippen LogP contribution in [0.15, 0.2) is 47.8 Å². The van der Waals surface area contributed by atoms with Gasteiger partial charge in [-0.25, -0.2) is 9.80 Å². The number of halogens is 1. The van der Waals surface area contributed by atoms with Crippen molar-refractivity contribution in [2.75, 3.05) is 12.3 Å². The summed E-state index contributed by atoms with van der Waals surface area (Å²) in [6.45, 7) is 0.411. The van der Waals surface area contributed by atoms with Crippen LogP contribution in [0.5, 0.6) is 0 Å². The Bertz CT molecular complexity index is 719. The number of fused-ring (bicyclic) bond motifs is 2. The minimum atomic E-state index is -1.08. The number of nitrogens with zero attached hydrogens (tertiary/aromatic N) is 3. The third-order valence-corrected chi connectivity index (χ3v) is 5.50. The third kappa shape index (κ3) is 2.48. The van der Waals surface area contributed by atoms with Gasteiger partial charge in [0.1, 0.15) is 22.9 Å². The Kier molecular flexibility index (Phi) is 4.53. The number of rotatable bonds is 3. The Morgan fingerprint density at radius 2 is 2.25 bits per heavy atom. The van der Waals surface area contributed by atoms with E-state index in [2.05, 4.69) is 5.43 Å². The first-order chi connectivity index (χ1) is 11.1. The van der Waals surface area contributed by atoms with Crippen LogP contribution in [0.3, 0.4) is 0 Å². The minimum Gasteiger partial charge on any atom is -0.477 e. The second kappa shape index (κ2) is 6.33. The summed E-state index contributed by atoms with van der Waals surface area (Å²) >= 11 is 1.51. The highest BCUT2D eigenvalue weighted by atomic mass is 127. The van der Waals surface area contributed by atoms with Gasteiger partial charge >= 0.3 is 5.97 Å². The fraction of sp³-hybridized carbons (Fsp3) is 0.286. The van der Waals surface area contributed by atoms with E-state index in [-0.39, 0.29) is 41.0 Å². The summed E-state index contributed by atoms with van der Waals surface area (Å²) in [5, 5.41) is 11.1. The molecule has 4 rings (SSSR count). The lowest BCUT2D eigenvalue weighted by atomic mass is 10.0. The van der Waals surface area contributed by atoms with Gasteiger partial charge in [-0.15, -0.1) is 35.7 Å². The highest BCUT2D eigenvalue weighted by molar-refractivity contribution is 14.0. The quantitative estimate of drug-likeness (QED) is 0.404. The highest BCUT2D eigenvalue weighted by Gasteiger charge is 2.51. The molecule has 0 unspecified atom stereocenters. The monoisotopic (exact) mass is 461 g/mol. The van der Waals surface area contributed by atoms with Gasteiger partial charge < -0.3 is 21.2 Å². The van der Waals surface area contributed by atoms with Gasteiger partial charge in [-0.3, -0.25) is 9.69 Å². The first-order valence-corrected chi connectivity index (χ1v) is 8.15. The molecule has 0 aromatic carbocycles. The Labute approximate surface area is 159 Å². The van der Waals surface area contributed by atoms with Gasteiger partial charge in [-0.2, -0.15) is 0 Å². The number of carbonyl (C=O) groups excluding carboxylic acids is 1. The van der Waals surface area contributed by atoms with Gasteiger partial charge in [0, 0.05) is 30.9 Å². The normalized spacial score (nSPS) is 27.1. The summed E-state index contributed by atoms with van der Waals surface area (Å²) in [6.07, 6.45) is 9.35. The maximum Gasteiger partial charge on any atom is 0.352 e. The van der Waals surface area contributed by atoms with E-state index in [0.29, 0.717) is 17.9 Å². The molecule has 4 heterocycles. The molecular formula is C14H16IN5O3S. The largest absolute Gasteiger partial charge is 0.477 e. The van der Waals surface area contributed by atoms with Crippen LogP contribution in [0.1, 0.15) is 0 Å². The molecule has 128 valence electrons. The zero-order valence-electron chi connectivity index (χ0n) is 12.5. The van der Waals surface area contributed by atoms with Crippen molar-refractivity contribution in [3.63, 3.8) is 0 Å². The fourth-order valence-electron chi connectivity index (χ4n) is 3.02. The number of nitrogens with one attached hydrogen (secondary N) is 1. The molecule has 8 nitrogen and oxygen atoms in total. The smallest absolute Gasteiger partial charge is 0.352 e. The molecule has 0 spiro atoms. The molecular weight excluding hydrogens is 445 g/mol. The van der Waals surface area contributed by atoms with E-state index >= 15 is 0 Å². The first-order valence-electron chi connectivity index (χ1n) is 7.10. The van der Waals surface area contributed by atoms with Crippen molar-refractivity contribution < 1.29 is 14.7 Å². The van der Waals surface area contributed by atoms with Gasteiger partial charge in [0.25, 0.3) is 0 Å². The van der Waals surface area contributed by atoms with Gasteiger partial charge in [0.2, 0.25) is 5.91 Å². The molecule has 0 aromatic rings. The van der Waals surface area contributed by atoms with Crippen LogP contribution in [0.4, 0.5) is 0 Å². The number of carboxylic acids is 1. The number of thioether (sulfide) groups is 1. The maximum atomic E-state index is 11.9. The summed E-state index contributed by atoms with van der Waals surface area (Å²) in [5.41, 5.74) is 9.60. The van der Waals surface area contributed by atoms with Crippen LogP contribution < -0.4 is 11.2 Å². The van der Waals surface area contributed by atoms with Crippen LogP contribution in [0, 0.1) is 0 Å². The summed E-state index contributed by atoms with van der Waals surface area (Å²) in [5.74, 6) is 0.0481. The molecule has 1 amide bonds. The number of β-lactam (4-membered cyclic amide) rings is 1. The van der Waals surface area contributed by atoms with Gasteiger partial charge in [-0.1, -0.05) is 0 Å². The molecule has 1 fully saturated rings. The zero-order chi connectivity index (χ0) is 16.1. The van der Waals surface area contributed by atoms with E-state index in [1.807, 2.05) is 34.5 Å². The molecule has 10 heteroatoms. The van der Waals surface area contributed by atoms with Gasteiger partial charge in [-0.05, 0) is 17.7 Å². The third-order valence-electron chi connectivity index (χ3n) is 4.14. The van der Waals surface area contributed by atoms with Crippen LogP contribution >= 0.6 is 35.7 Å². The fourth-order valence-corrected chi connectivity index (χ4v) is 4.30. The summed E-state index contributed by atoms with van der Waals surface area (Å²) < 4.78 is 0. The highest BCUT2D eigenvalue weighted by Crippen LogP contribution is 2.40. The van der Waals surface area contributed by atoms with Crippen LogP contribution in [-0.2, 0) is 9.59 Å². The number of hydrogen-bond acceptors (Lipinski definition) is 7. The average Bonchev–Trinajstić information content (AvgIpc) is 2.96. The number of carboxylic acid groups (broad SMARTS) is 1. The van der Waals surface area contributed by atoms with E-state index in [9.17, 15) is 14.7 Å². The number of hydrogen-bond donors (Lipinski definition) is 3. The Hall–Kier alpha value is -1.66. The Morgan fingerprint density at radius 1 is 1.46 bits per heavy atom. The van der Waals surface area contributed by atoms with E-state index in [0.717, 1.165) is 5.82 Å². The molecule has 0 saturated carbocycles. The topological polar surface area (TPSA) is 102 Å². The van der Waals surface area contributed by atoms with Crippen LogP contribution in [-0.4, -0.2) is 55.5 Å². The van der Waals surface area contributed by atoms with Crippen molar-refractivity contribution in [3.05, 3.63) is 47.8 Å². The molecule has 24 heavy (non-hydrogen) atoms. The van der Waals surface area contributed by atoms with Crippen LogP contribution in [0.25, 0.3) is 0 Å². The zero-order valence-corrected chi connectivity index (χ0v) is 15.6. The number of aliphatic carboxylic acids is 1. The lowest BCUT2D eigenvalue weighted by Gasteiger charge is -2.48. The summed E-state index contributed by atoms with van der Waals surface area (Å²) in [4.78, 5) is 26.9. The second-order valence-electron chi connectivity index (χ2n) is 5.50. The van der Waals surface area contributed by atoms with Crippen molar-refractivity contribution in [3.8, 4) is 0 Å². The van der Waals surface area contributed by atoms with Crippen molar-refractivity contribution in [2.24, 2.45) is 5.73 Å². The number of allylic oxidation sites excluding steroid dienone is 2. The molecule has 0 radical (unpaired) electrons. The van der Waals surface area contributed by atoms with Crippen molar-refractivity contribution in [2.45, 2.75) is 11.4 Å². The lowest BCUT2D eigenvalue weighted by molar-refractivity contribution is -0.148. The average molecular weight is 461 g/mol. The van der Waals surface area contributed by atoms with Gasteiger partial charge in [0.15, 0.2) is 0 Å². The number of hydrazine groups is 1. The number of nitrogens with two attached hydrogens (primary N) is 1. The SMILES string of the molecule is I.N[C@@H]1C(=O)N2C(C(=O)O)=C(CN3C=CN4NC=CC=C34)CS[C@H]12. The molecule has 4 N–H and O–H groups in total. The van der Waals surface area contributed by atoms with Crippen LogP contribution in [0.2, 0.25) is 0 Å². The molecule has 4 aliphatic heterocycles. The first kappa shape index (κ1) is 17.2. The van der Waals surface area contributed by atoms with E-state index in [1.54, 1.807) is 6.20 Å². The molecule has 0 aromatic heterocycles. The van der Waals surface area contributed by atoms with Crippen molar-refractivity contribution in [1.82, 2.24) is 20.2 Å². The molecule has 0 bridgehead atoms. The molecule has 4 aliphatic rings. The van der Waals surface area contributed by atoms with E-state index in [4.69, 9.17) is 5.73 Å². The van der Waals surface area contributed by atoms with Crippen molar-refractivity contribution in [1.29, 1.82) is 0 Å². The predicted molar refractivity (Wildman–Crippen MR) is 99.2 cm³/mol. The summed E-state index contributed by atoms with van der Waals surface area (Å²) in [7, 11) is 0. The Morgan fingerprint density at radius 3 is 3.00 bits per heavy atom. The standard InChI is InChI=1S/C14H15N5O3S.HI/c15-10-12(20)19-11(14(21)22)8(7-23-13(10)19)6-17-4-5-18-9(17)2-1-3-16-18;/h1-5,10,13,16H,6-7,15H2,(H,21,22);1H/t10-,13-;/m1./s1.